The van der Waals surface area contributed by atoms with Gasteiger partial charge in [-0.25, -0.2) is 8.78 Å². The average Bonchev–Trinajstić information content (AvgIpc) is 2.37. The van der Waals surface area contributed by atoms with Crippen molar-refractivity contribution in [1.82, 2.24) is 5.32 Å². The van der Waals surface area contributed by atoms with E-state index in [-0.39, 0.29) is 11.9 Å². The molecule has 1 aromatic carbocycles. The molecule has 0 aliphatic heterocycles. The van der Waals surface area contributed by atoms with Gasteiger partial charge in [0.25, 0.3) is 0 Å². The van der Waals surface area contributed by atoms with Crippen molar-refractivity contribution in [3.63, 3.8) is 0 Å². The van der Waals surface area contributed by atoms with Crippen molar-refractivity contribution in [2.75, 3.05) is 6.54 Å². The van der Waals surface area contributed by atoms with Gasteiger partial charge in [0.15, 0.2) is 0 Å². The fourth-order valence-corrected chi connectivity index (χ4v) is 1.73. The molecule has 3 nitrogen and oxygen atoms in total. The van der Waals surface area contributed by atoms with Crippen LogP contribution in [-0.2, 0) is 11.2 Å². The Hall–Kier alpha value is -1.49. The van der Waals surface area contributed by atoms with E-state index >= 15 is 0 Å². The molecule has 0 heterocycles. The van der Waals surface area contributed by atoms with Crippen molar-refractivity contribution < 1.29 is 13.6 Å². The monoisotopic (exact) mass is 300 g/mol. The molecule has 21 heavy (non-hydrogen) atoms. The summed E-state index contributed by atoms with van der Waals surface area (Å²) in [5, 5.41) is 2.70. The number of hydrogen-bond acceptors (Lipinski definition) is 2. The van der Waals surface area contributed by atoms with Gasteiger partial charge < -0.3 is 11.1 Å². The van der Waals surface area contributed by atoms with Crippen LogP contribution in [0.1, 0.15) is 45.6 Å². The summed E-state index contributed by atoms with van der Waals surface area (Å²) in [5.74, 6) is -1.41. The van der Waals surface area contributed by atoms with Gasteiger partial charge in [0.05, 0.1) is 0 Å². The molecule has 0 aromatic heterocycles. The van der Waals surface area contributed by atoms with Crippen molar-refractivity contribution in [2.45, 2.75) is 52.5 Å². The molecule has 5 heteroatoms. The Balaban J connectivity index is 0.000000885. The fraction of sp³-hybridized carbons (Fsp3) is 0.562. The Morgan fingerprint density at radius 3 is 2.10 bits per heavy atom. The summed E-state index contributed by atoms with van der Waals surface area (Å²) in [6.45, 7) is 6.17. The number of benzene rings is 1. The van der Waals surface area contributed by atoms with E-state index < -0.39 is 11.6 Å². The minimum absolute atomic E-state index is 0.180. The molecular formula is C16H26F2N2O. The number of carbonyl (C=O) groups is 1. The van der Waals surface area contributed by atoms with Gasteiger partial charge in [0.1, 0.15) is 11.6 Å². The van der Waals surface area contributed by atoms with Gasteiger partial charge in [-0.2, -0.15) is 0 Å². The van der Waals surface area contributed by atoms with Gasteiger partial charge in [-0.1, -0.05) is 26.7 Å². The number of halogens is 2. The quantitative estimate of drug-likeness (QED) is 0.848. The second kappa shape index (κ2) is 11.2. The van der Waals surface area contributed by atoms with Crippen LogP contribution in [0.5, 0.6) is 0 Å². The van der Waals surface area contributed by atoms with Crippen molar-refractivity contribution >= 4 is 5.91 Å². The molecule has 0 saturated carbocycles. The van der Waals surface area contributed by atoms with Gasteiger partial charge in [-0.05, 0) is 37.1 Å². The first kappa shape index (κ1) is 19.5. The number of hydrogen-bond donors (Lipinski definition) is 2. The summed E-state index contributed by atoms with van der Waals surface area (Å²) in [4.78, 5) is 11.0. The van der Waals surface area contributed by atoms with Gasteiger partial charge in [0.2, 0.25) is 5.91 Å². The van der Waals surface area contributed by atoms with E-state index in [4.69, 9.17) is 5.73 Å². The second-order valence-electron chi connectivity index (χ2n) is 4.96. The van der Waals surface area contributed by atoms with Crippen molar-refractivity contribution in [3.05, 3.63) is 35.4 Å². The minimum atomic E-state index is -0.616. The predicted molar refractivity (Wildman–Crippen MR) is 81.9 cm³/mol. The molecule has 0 saturated heterocycles. The highest BCUT2D eigenvalue weighted by Crippen LogP contribution is 2.11. The lowest BCUT2D eigenvalue weighted by atomic mass is 10.0. The third-order valence-electron chi connectivity index (χ3n) is 2.83. The van der Waals surface area contributed by atoms with Crippen LogP contribution >= 0.6 is 0 Å². The Morgan fingerprint density at radius 2 is 1.71 bits per heavy atom. The maximum absolute atomic E-state index is 13.0. The van der Waals surface area contributed by atoms with Crippen LogP contribution in [0.4, 0.5) is 8.78 Å². The average molecular weight is 300 g/mol. The van der Waals surface area contributed by atoms with Gasteiger partial charge in [0, 0.05) is 19.0 Å². The second-order valence-corrected chi connectivity index (χ2v) is 4.96. The highest BCUT2D eigenvalue weighted by Gasteiger charge is 2.11. The highest BCUT2D eigenvalue weighted by molar-refractivity contribution is 5.73. The van der Waals surface area contributed by atoms with Crippen LogP contribution in [-0.4, -0.2) is 18.5 Å². The molecule has 1 amide bonds. The summed E-state index contributed by atoms with van der Waals surface area (Å²) >= 11 is 0. The SMILES string of the molecule is CC(=O)N[C@H](CCN)Cc1cc(F)cc(F)c1.CCCC. The van der Waals surface area contributed by atoms with Crippen LogP contribution in [0.15, 0.2) is 18.2 Å². The van der Waals surface area contributed by atoms with Crippen LogP contribution in [0.25, 0.3) is 0 Å². The van der Waals surface area contributed by atoms with Crippen molar-refractivity contribution in [1.29, 1.82) is 0 Å². The molecule has 1 rings (SSSR count). The Labute approximate surface area is 125 Å². The number of rotatable bonds is 6. The molecule has 0 aliphatic rings. The molecule has 0 radical (unpaired) electrons. The number of nitrogens with two attached hydrogens (primary N) is 1. The maximum Gasteiger partial charge on any atom is 0.217 e. The molecule has 0 fully saturated rings. The van der Waals surface area contributed by atoms with Gasteiger partial charge >= 0.3 is 0 Å². The third-order valence-corrected chi connectivity index (χ3v) is 2.83. The summed E-state index contributed by atoms with van der Waals surface area (Å²) < 4.78 is 25.9. The zero-order chi connectivity index (χ0) is 16.3. The zero-order valence-corrected chi connectivity index (χ0v) is 13.1. The minimum Gasteiger partial charge on any atom is -0.353 e. The third kappa shape index (κ3) is 9.96. The van der Waals surface area contributed by atoms with Crippen LogP contribution < -0.4 is 11.1 Å². The van der Waals surface area contributed by atoms with Crippen LogP contribution in [0.2, 0.25) is 0 Å². The number of amides is 1. The highest BCUT2D eigenvalue weighted by atomic mass is 19.1. The number of carbonyl (C=O) groups excluding carboxylic acids is 1. The molecule has 0 spiro atoms. The molecule has 3 N–H and O–H groups in total. The first-order valence-corrected chi connectivity index (χ1v) is 7.35. The predicted octanol–water partition coefficient (Wildman–Crippen LogP) is 3.17. The Bertz CT molecular complexity index is 402. The van der Waals surface area contributed by atoms with Gasteiger partial charge in [-0.15, -0.1) is 0 Å². The fourth-order valence-electron chi connectivity index (χ4n) is 1.73. The van der Waals surface area contributed by atoms with E-state index in [2.05, 4.69) is 19.2 Å². The molecule has 1 atom stereocenters. The Kier molecular flexibility index (Phi) is 10.4. The largest absolute Gasteiger partial charge is 0.353 e. The van der Waals surface area contributed by atoms with E-state index in [1.165, 1.54) is 31.9 Å². The zero-order valence-electron chi connectivity index (χ0n) is 13.1. The van der Waals surface area contributed by atoms with Crippen LogP contribution in [0.3, 0.4) is 0 Å². The first-order chi connectivity index (χ1) is 9.92. The maximum atomic E-state index is 13.0. The molecule has 120 valence electrons. The topological polar surface area (TPSA) is 55.1 Å². The summed E-state index contributed by atoms with van der Waals surface area (Å²) in [6.07, 6.45) is 3.57. The number of nitrogens with one attached hydrogen (secondary N) is 1. The van der Waals surface area contributed by atoms with E-state index in [0.29, 0.717) is 24.9 Å². The lowest BCUT2D eigenvalue weighted by Crippen LogP contribution is -2.36. The summed E-state index contributed by atoms with van der Waals surface area (Å²) in [6, 6.07) is 3.14. The van der Waals surface area contributed by atoms with Crippen molar-refractivity contribution in [3.8, 4) is 0 Å². The van der Waals surface area contributed by atoms with E-state index in [0.717, 1.165) is 6.07 Å². The normalized spacial score (nSPS) is 11.3. The number of unbranched alkanes of at least 4 members (excludes halogenated alkanes) is 1. The lowest BCUT2D eigenvalue weighted by Gasteiger charge is -2.17. The Morgan fingerprint density at radius 1 is 1.19 bits per heavy atom. The standard InChI is InChI=1S/C12H16F2N2O.C4H10/c1-8(17)16-12(2-3-15)6-9-4-10(13)7-11(14)5-9;1-3-4-2/h4-5,7,12H,2-3,6,15H2,1H3,(H,16,17);3-4H2,1-2H3/t12-;/m1./s1. The smallest absolute Gasteiger partial charge is 0.217 e. The van der Waals surface area contributed by atoms with Crippen LogP contribution in [0, 0.1) is 11.6 Å². The van der Waals surface area contributed by atoms with Gasteiger partial charge in [-0.3, -0.25) is 4.79 Å². The molecule has 0 bridgehead atoms. The van der Waals surface area contributed by atoms with Crippen molar-refractivity contribution in [2.24, 2.45) is 5.73 Å². The first-order valence-electron chi connectivity index (χ1n) is 7.35. The van der Waals surface area contributed by atoms with E-state index in [1.807, 2.05) is 0 Å². The molecular weight excluding hydrogens is 274 g/mol. The molecule has 0 aliphatic carbocycles. The summed E-state index contributed by atoms with van der Waals surface area (Å²) in [5.41, 5.74) is 5.93. The summed E-state index contributed by atoms with van der Waals surface area (Å²) in [7, 11) is 0. The molecule has 0 unspecified atom stereocenters. The lowest BCUT2D eigenvalue weighted by molar-refractivity contribution is -0.119. The van der Waals surface area contributed by atoms with E-state index in [1.54, 1.807) is 0 Å². The molecule has 1 aromatic rings. The van der Waals surface area contributed by atoms with E-state index in [9.17, 15) is 13.6 Å².